The second-order valence-electron chi connectivity index (χ2n) is 5.81. The van der Waals surface area contributed by atoms with E-state index >= 15 is 0 Å². The number of rotatable bonds is 4. The summed E-state index contributed by atoms with van der Waals surface area (Å²) in [5.74, 6) is -0.642. The molecule has 1 fully saturated rings. The highest BCUT2D eigenvalue weighted by Gasteiger charge is 2.32. The van der Waals surface area contributed by atoms with Crippen molar-refractivity contribution >= 4 is 40.7 Å². The van der Waals surface area contributed by atoms with Gasteiger partial charge in [0.1, 0.15) is 5.75 Å². The lowest BCUT2D eigenvalue weighted by Gasteiger charge is -2.36. The highest BCUT2D eigenvalue weighted by Crippen LogP contribution is 2.43. The number of carbonyl (C=O) groups is 1. The van der Waals surface area contributed by atoms with Crippen LogP contribution >= 0.6 is 34.8 Å². The molecule has 1 saturated heterocycles. The highest BCUT2D eigenvalue weighted by atomic mass is 35.5. The molecule has 134 valence electrons. The Hall–Kier alpha value is -0.760. The number of piperidine rings is 1. The third kappa shape index (κ3) is 3.90. The van der Waals surface area contributed by atoms with Crippen LogP contribution in [0.15, 0.2) is 6.07 Å². The maximum atomic E-state index is 11.9. The molecule has 1 aromatic carbocycles. The molecule has 24 heavy (non-hydrogen) atoms. The predicted molar refractivity (Wildman–Crippen MR) is 92.5 cm³/mol. The minimum absolute atomic E-state index is 0.0269. The van der Waals surface area contributed by atoms with Crippen LogP contribution in [0.2, 0.25) is 15.1 Å². The average molecular weight is 398 g/mol. The largest absolute Gasteiger partial charge is 0.507 e. The number of hydrogen-bond donors (Lipinski definition) is 4. The summed E-state index contributed by atoms with van der Waals surface area (Å²) in [6, 6.07) is 0.744. The first-order valence-electron chi connectivity index (χ1n) is 7.47. The molecule has 6 nitrogen and oxygen atoms in total. The summed E-state index contributed by atoms with van der Waals surface area (Å²) in [6.07, 6.45) is -0.258. The SMILES string of the molecule is NC(c1c(O)cc(Cl)c(Cl)c1Cl)C1CCN(C(=O)C(O)CO)CC1. The van der Waals surface area contributed by atoms with Gasteiger partial charge in [-0.1, -0.05) is 34.8 Å². The number of hydrogen-bond acceptors (Lipinski definition) is 5. The average Bonchev–Trinajstić information content (AvgIpc) is 2.58. The second kappa shape index (κ2) is 8.08. The number of aliphatic hydroxyl groups excluding tert-OH is 2. The van der Waals surface area contributed by atoms with Crippen LogP contribution in [0.1, 0.15) is 24.4 Å². The van der Waals surface area contributed by atoms with Gasteiger partial charge in [-0.05, 0) is 18.8 Å². The Morgan fingerprint density at radius 2 is 1.88 bits per heavy atom. The highest BCUT2D eigenvalue weighted by molar-refractivity contribution is 6.48. The van der Waals surface area contributed by atoms with Crippen molar-refractivity contribution in [1.82, 2.24) is 4.90 Å². The quantitative estimate of drug-likeness (QED) is 0.581. The predicted octanol–water partition coefficient (Wildman–Crippen LogP) is 1.94. The van der Waals surface area contributed by atoms with Crippen molar-refractivity contribution < 1.29 is 20.1 Å². The molecule has 5 N–H and O–H groups in total. The third-order valence-corrected chi connectivity index (χ3v) is 5.61. The summed E-state index contributed by atoms with van der Waals surface area (Å²) in [4.78, 5) is 13.3. The topological polar surface area (TPSA) is 107 Å². The number of amides is 1. The van der Waals surface area contributed by atoms with E-state index in [1.165, 1.54) is 11.0 Å². The molecule has 0 aliphatic carbocycles. The van der Waals surface area contributed by atoms with Crippen LogP contribution in [0.3, 0.4) is 0 Å². The Morgan fingerprint density at radius 1 is 1.29 bits per heavy atom. The Balaban J connectivity index is 2.10. The van der Waals surface area contributed by atoms with Gasteiger partial charge in [-0.3, -0.25) is 4.79 Å². The summed E-state index contributed by atoms with van der Waals surface area (Å²) in [6.45, 7) is 0.187. The van der Waals surface area contributed by atoms with E-state index in [1.807, 2.05) is 0 Å². The van der Waals surface area contributed by atoms with Gasteiger partial charge in [-0.15, -0.1) is 0 Å². The van der Waals surface area contributed by atoms with Crippen molar-refractivity contribution in [2.45, 2.75) is 25.0 Å². The molecule has 1 heterocycles. The first kappa shape index (κ1) is 19.6. The van der Waals surface area contributed by atoms with Crippen molar-refractivity contribution in [3.05, 3.63) is 26.7 Å². The second-order valence-corrected chi connectivity index (χ2v) is 6.97. The summed E-state index contributed by atoms with van der Waals surface area (Å²) in [5, 5.41) is 28.8. The van der Waals surface area contributed by atoms with Crippen LogP contribution in [0.5, 0.6) is 5.75 Å². The van der Waals surface area contributed by atoms with Crippen molar-refractivity contribution in [2.75, 3.05) is 19.7 Å². The minimum Gasteiger partial charge on any atom is -0.507 e. The fourth-order valence-electron chi connectivity index (χ4n) is 2.92. The van der Waals surface area contributed by atoms with Crippen LogP contribution < -0.4 is 5.73 Å². The molecule has 2 rings (SSSR count). The fraction of sp³-hybridized carbons (Fsp3) is 0.533. The maximum Gasteiger partial charge on any atom is 0.253 e. The fourth-order valence-corrected chi connectivity index (χ4v) is 3.64. The zero-order chi connectivity index (χ0) is 18.0. The third-order valence-electron chi connectivity index (χ3n) is 4.33. The van der Waals surface area contributed by atoms with E-state index in [9.17, 15) is 15.0 Å². The van der Waals surface area contributed by atoms with Gasteiger partial charge in [0, 0.05) is 30.8 Å². The molecule has 1 aliphatic heterocycles. The van der Waals surface area contributed by atoms with Crippen molar-refractivity contribution in [2.24, 2.45) is 11.7 Å². The van der Waals surface area contributed by atoms with Crippen LogP contribution in [-0.4, -0.2) is 51.9 Å². The number of phenolic OH excluding ortho intramolecular Hbond substituents is 1. The molecule has 2 atom stereocenters. The number of nitrogens with two attached hydrogens (primary N) is 1. The first-order valence-corrected chi connectivity index (χ1v) is 8.61. The number of carbonyl (C=O) groups excluding carboxylic acids is 1. The van der Waals surface area contributed by atoms with E-state index in [4.69, 9.17) is 45.6 Å². The summed E-state index contributed by atoms with van der Waals surface area (Å²) < 4.78 is 0. The molecular formula is C15H19Cl3N2O4. The molecule has 0 spiro atoms. The molecule has 9 heteroatoms. The van der Waals surface area contributed by atoms with Crippen molar-refractivity contribution in [1.29, 1.82) is 0 Å². The summed E-state index contributed by atoms with van der Waals surface area (Å²) in [7, 11) is 0. The molecule has 1 aromatic rings. The lowest BCUT2D eigenvalue weighted by atomic mass is 9.85. The van der Waals surface area contributed by atoms with Crippen molar-refractivity contribution in [3.63, 3.8) is 0 Å². The Labute approximate surface area is 154 Å². The van der Waals surface area contributed by atoms with Gasteiger partial charge in [0.2, 0.25) is 0 Å². The number of benzene rings is 1. The Bertz CT molecular complexity index is 621. The molecule has 0 bridgehead atoms. The number of aliphatic hydroxyl groups is 2. The molecule has 0 saturated carbocycles. The van der Waals surface area contributed by atoms with Gasteiger partial charge in [0.05, 0.1) is 21.7 Å². The van der Waals surface area contributed by atoms with Crippen molar-refractivity contribution in [3.8, 4) is 5.75 Å². The molecule has 1 amide bonds. The molecule has 2 unspecified atom stereocenters. The zero-order valence-electron chi connectivity index (χ0n) is 12.8. The van der Waals surface area contributed by atoms with E-state index in [2.05, 4.69) is 0 Å². The number of halogens is 3. The Morgan fingerprint density at radius 3 is 2.42 bits per heavy atom. The lowest BCUT2D eigenvalue weighted by molar-refractivity contribution is -0.143. The molecule has 1 aliphatic rings. The van der Waals surface area contributed by atoms with E-state index in [0.717, 1.165) is 0 Å². The molecular weight excluding hydrogens is 379 g/mol. The zero-order valence-corrected chi connectivity index (χ0v) is 15.0. The van der Waals surface area contributed by atoms with E-state index < -0.39 is 24.7 Å². The Kier molecular flexibility index (Phi) is 6.59. The number of likely N-dealkylation sites (tertiary alicyclic amines) is 1. The number of aromatic hydroxyl groups is 1. The van der Waals surface area contributed by atoms with Gasteiger partial charge in [-0.2, -0.15) is 0 Å². The number of phenols is 1. The molecule has 0 aromatic heterocycles. The van der Waals surface area contributed by atoms with E-state index in [0.29, 0.717) is 31.5 Å². The standard InChI is InChI=1S/C15H19Cl3N2O4/c16-8-5-9(22)11(13(18)12(8)17)14(19)7-1-3-20(4-2-7)15(24)10(23)6-21/h5,7,10,14,21-23H,1-4,6,19H2. The van der Waals surface area contributed by atoms with Gasteiger partial charge < -0.3 is 26.0 Å². The molecule has 0 radical (unpaired) electrons. The van der Waals surface area contributed by atoms with Crippen LogP contribution in [0.25, 0.3) is 0 Å². The van der Waals surface area contributed by atoms with E-state index in [-0.39, 0.29) is 26.7 Å². The van der Waals surface area contributed by atoms with Gasteiger partial charge in [0.15, 0.2) is 6.10 Å². The summed E-state index contributed by atoms with van der Waals surface area (Å²) in [5.41, 5.74) is 6.60. The van der Waals surface area contributed by atoms with Gasteiger partial charge >= 0.3 is 0 Å². The van der Waals surface area contributed by atoms with Gasteiger partial charge in [-0.25, -0.2) is 0 Å². The van der Waals surface area contributed by atoms with Crippen LogP contribution in [0, 0.1) is 5.92 Å². The maximum absolute atomic E-state index is 11.9. The lowest BCUT2D eigenvalue weighted by Crippen LogP contribution is -2.46. The van der Waals surface area contributed by atoms with E-state index in [1.54, 1.807) is 0 Å². The first-order chi connectivity index (χ1) is 11.3. The monoisotopic (exact) mass is 396 g/mol. The smallest absolute Gasteiger partial charge is 0.253 e. The normalized spacial score (nSPS) is 18.5. The number of nitrogens with zero attached hydrogens (tertiary/aromatic N) is 1. The van der Waals surface area contributed by atoms with Crippen LogP contribution in [0.4, 0.5) is 0 Å². The minimum atomic E-state index is -1.40. The summed E-state index contributed by atoms with van der Waals surface area (Å²) >= 11 is 18.1. The van der Waals surface area contributed by atoms with Gasteiger partial charge in [0.25, 0.3) is 5.91 Å². The van der Waals surface area contributed by atoms with Crippen LogP contribution in [-0.2, 0) is 4.79 Å².